The Morgan fingerprint density at radius 1 is 1.59 bits per heavy atom. The molecule has 0 heterocycles. The van der Waals surface area contributed by atoms with Gasteiger partial charge >= 0.3 is 0 Å². The Kier molecular flexibility index (Phi) is 4.76. The molecule has 0 spiro atoms. The third kappa shape index (κ3) is 3.09. The lowest BCUT2D eigenvalue weighted by atomic mass is 9.83. The summed E-state index contributed by atoms with van der Waals surface area (Å²) < 4.78 is 5.18. The number of carbonyl (C=O) groups is 1. The van der Waals surface area contributed by atoms with Crippen molar-refractivity contribution >= 4 is 5.91 Å². The molecule has 0 saturated carbocycles. The van der Waals surface area contributed by atoms with Gasteiger partial charge in [0.25, 0.3) is 0 Å². The van der Waals surface area contributed by atoms with E-state index in [1.54, 1.807) is 13.2 Å². The summed E-state index contributed by atoms with van der Waals surface area (Å²) in [5.74, 6) is 0.162. The van der Waals surface area contributed by atoms with Crippen LogP contribution in [0, 0.1) is 5.92 Å². The molecule has 1 rings (SSSR count). The highest BCUT2D eigenvalue weighted by atomic mass is 16.5. The highest BCUT2D eigenvalue weighted by Crippen LogP contribution is 2.30. The third-order valence-electron chi connectivity index (χ3n) is 2.98. The van der Waals surface area contributed by atoms with Crippen molar-refractivity contribution in [2.45, 2.75) is 19.3 Å². The minimum absolute atomic E-state index is 0.0556. The van der Waals surface area contributed by atoms with Gasteiger partial charge in [-0.2, -0.15) is 0 Å². The van der Waals surface area contributed by atoms with Crippen molar-refractivity contribution in [3.05, 3.63) is 42.5 Å². The summed E-state index contributed by atoms with van der Waals surface area (Å²) in [5.41, 5.74) is 6.44. The summed E-state index contributed by atoms with van der Waals surface area (Å²) in [6.45, 7) is 5.72. The maximum atomic E-state index is 11.4. The zero-order valence-electron chi connectivity index (χ0n) is 10.3. The van der Waals surface area contributed by atoms with E-state index in [4.69, 9.17) is 10.5 Å². The van der Waals surface area contributed by atoms with Gasteiger partial charge in [-0.3, -0.25) is 4.79 Å². The molecule has 1 amide bonds. The molecule has 3 nitrogen and oxygen atoms in total. The first kappa shape index (κ1) is 13.3. The van der Waals surface area contributed by atoms with Crippen LogP contribution in [0.15, 0.2) is 36.9 Å². The molecule has 0 fully saturated rings. The standard InChI is InChI=1S/C14H19NO2/c1-4-12(13(5-2)14(15)16)10-7-6-8-11(9-10)17-3/h5-9,12-13H,2,4H2,1,3H3,(H2,15,16)/t12-,13+/m0/s1. The number of hydrogen-bond acceptors (Lipinski definition) is 2. The van der Waals surface area contributed by atoms with Crippen molar-refractivity contribution in [2.24, 2.45) is 11.7 Å². The molecule has 0 aromatic heterocycles. The lowest BCUT2D eigenvalue weighted by Crippen LogP contribution is -2.27. The average Bonchev–Trinajstić information content (AvgIpc) is 2.35. The zero-order chi connectivity index (χ0) is 12.8. The van der Waals surface area contributed by atoms with E-state index in [0.717, 1.165) is 17.7 Å². The van der Waals surface area contributed by atoms with Crippen molar-refractivity contribution in [2.75, 3.05) is 7.11 Å². The second-order valence-electron chi connectivity index (χ2n) is 3.96. The third-order valence-corrected chi connectivity index (χ3v) is 2.98. The molecule has 0 aliphatic rings. The Bertz CT molecular complexity index is 401. The molecule has 0 aliphatic heterocycles. The fraction of sp³-hybridized carbons (Fsp3) is 0.357. The van der Waals surface area contributed by atoms with Gasteiger partial charge in [-0.25, -0.2) is 0 Å². The number of primary amides is 1. The lowest BCUT2D eigenvalue weighted by molar-refractivity contribution is -0.121. The van der Waals surface area contributed by atoms with E-state index in [9.17, 15) is 4.79 Å². The van der Waals surface area contributed by atoms with Crippen LogP contribution in [0.2, 0.25) is 0 Å². The molecule has 3 heteroatoms. The van der Waals surface area contributed by atoms with Gasteiger partial charge in [-0.15, -0.1) is 6.58 Å². The molecule has 0 saturated heterocycles. The molecule has 2 N–H and O–H groups in total. The molecule has 1 aromatic carbocycles. The average molecular weight is 233 g/mol. The van der Waals surface area contributed by atoms with Crippen LogP contribution in [0.3, 0.4) is 0 Å². The first-order chi connectivity index (χ1) is 8.13. The molecular formula is C14H19NO2. The molecule has 2 atom stereocenters. The number of rotatable bonds is 6. The molecule has 1 aromatic rings. The Balaban J connectivity index is 3.07. The number of amides is 1. The molecule has 0 aliphatic carbocycles. The van der Waals surface area contributed by atoms with Crippen LogP contribution in [-0.4, -0.2) is 13.0 Å². The molecule has 17 heavy (non-hydrogen) atoms. The Morgan fingerprint density at radius 2 is 2.29 bits per heavy atom. The van der Waals surface area contributed by atoms with Gasteiger partial charge in [0, 0.05) is 0 Å². The first-order valence-corrected chi connectivity index (χ1v) is 5.69. The van der Waals surface area contributed by atoms with Crippen LogP contribution in [0.4, 0.5) is 0 Å². The summed E-state index contributed by atoms with van der Waals surface area (Å²) >= 11 is 0. The fourth-order valence-corrected chi connectivity index (χ4v) is 2.05. The highest BCUT2D eigenvalue weighted by Gasteiger charge is 2.23. The van der Waals surface area contributed by atoms with Crippen molar-refractivity contribution in [3.8, 4) is 5.75 Å². The summed E-state index contributed by atoms with van der Waals surface area (Å²) in [6, 6.07) is 7.71. The van der Waals surface area contributed by atoms with Gasteiger partial charge in [-0.1, -0.05) is 25.1 Å². The smallest absolute Gasteiger partial charge is 0.224 e. The van der Waals surface area contributed by atoms with Gasteiger partial charge in [0.2, 0.25) is 5.91 Å². The van der Waals surface area contributed by atoms with E-state index in [1.807, 2.05) is 31.2 Å². The predicted molar refractivity (Wildman–Crippen MR) is 68.9 cm³/mol. The number of nitrogens with two attached hydrogens (primary N) is 1. The van der Waals surface area contributed by atoms with Crippen molar-refractivity contribution in [1.82, 2.24) is 0 Å². The van der Waals surface area contributed by atoms with Gasteiger partial charge in [0.15, 0.2) is 0 Å². The number of methoxy groups -OCH3 is 1. The first-order valence-electron chi connectivity index (χ1n) is 5.69. The van der Waals surface area contributed by atoms with Crippen molar-refractivity contribution in [3.63, 3.8) is 0 Å². The van der Waals surface area contributed by atoms with Crippen molar-refractivity contribution in [1.29, 1.82) is 0 Å². The number of benzene rings is 1. The van der Waals surface area contributed by atoms with Crippen LogP contribution in [-0.2, 0) is 4.79 Å². The topological polar surface area (TPSA) is 52.3 Å². The van der Waals surface area contributed by atoms with Crippen LogP contribution in [0.1, 0.15) is 24.8 Å². The maximum absolute atomic E-state index is 11.4. The SMILES string of the molecule is C=C[C@@H](C(N)=O)[C@@H](CC)c1cccc(OC)c1. The van der Waals surface area contributed by atoms with E-state index >= 15 is 0 Å². The lowest BCUT2D eigenvalue weighted by Gasteiger charge is -2.21. The Hall–Kier alpha value is -1.77. The summed E-state index contributed by atoms with van der Waals surface area (Å²) in [4.78, 5) is 11.4. The second-order valence-corrected chi connectivity index (χ2v) is 3.96. The molecular weight excluding hydrogens is 214 g/mol. The maximum Gasteiger partial charge on any atom is 0.224 e. The van der Waals surface area contributed by atoms with Gasteiger partial charge in [-0.05, 0) is 30.0 Å². The van der Waals surface area contributed by atoms with E-state index in [-0.39, 0.29) is 17.7 Å². The summed E-state index contributed by atoms with van der Waals surface area (Å²) in [7, 11) is 1.62. The fourth-order valence-electron chi connectivity index (χ4n) is 2.05. The monoisotopic (exact) mass is 233 g/mol. The molecule has 0 bridgehead atoms. The summed E-state index contributed by atoms with van der Waals surface area (Å²) in [6.07, 6.45) is 2.45. The van der Waals surface area contributed by atoms with Crippen LogP contribution >= 0.6 is 0 Å². The second kappa shape index (κ2) is 6.09. The van der Waals surface area contributed by atoms with Crippen LogP contribution in [0.5, 0.6) is 5.75 Å². The highest BCUT2D eigenvalue weighted by molar-refractivity contribution is 5.79. The Morgan fingerprint density at radius 3 is 2.76 bits per heavy atom. The number of ether oxygens (including phenoxy) is 1. The summed E-state index contributed by atoms with van der Waals surface area (Å²) in [5, 5.41) is 0. The van der Waals surface area contributed by atoms with E-state index in [0.29, 0.717) is 0 Å². The Labute approximate surface area is 102 Å². The van der Waals surface area contributed by atoms with Gasteiger partial charge in [0.1, 0.15) is 5.75 Å². The van der Waals surface area contributed by atoms with Crippen LogP contribution in [0.25, 0.3) is 0 Å². The van der Waals surface area contributed by atoms with E-state index in [1.165, 1.54) is 0 Å². The normalized spacial score (nSPS) is 13.8. The quantitative estimate of drug-likeness (QED) is 0.767. The molecule has 0 radical (unpaired) electrons. The molecule has 0 unspecified atom stereocenters. The van der Waals surface area contributed by atoms with E-state index in [2.05, 4.69) is 6.58 Å². The van der Waals surface area contributed by atoms with E-state index < -0.39 is 0 Å². The number of hydrogen-bond donors (Lipinski definition) is 1. The van der Waals surface area contributed by atoms with Crippen LogP contribution < -0.4 is 10.5 Å². The van der Waals surface area contributed by atoms with Crippen molar-refractivity contribution < 1.29 is 9.53 Å². The minimum atomic E-state index is -0.341. The van der Waals surface area contributed by atoms with Gasteiger partial charge in [0.05, 0.1) is 13.0 Å². The predicted octanol–water partition coefficient (Wildman–Crippen LogP) is 2.48. The number of carbonyl (C=O) groups excluding carboxylic acids is 1. The van der Waals surface area contributed by atoms with Gasteiger partial charge < -0.3 is 10.5 Å². The zero-order valence-corrected chi connectivity index (χ0v) is 10.3. The molecule has 92 valence electrons. The minimum Gasteiger partial charge on any atom is -0.497 e. The largest absolute Gasteiger partial charge is 0.497 e.